The summed E-state index contributed by atoms with van der Waals surface area (Å²) in [7, 11) is 2.14. The van der Waals surface area contributed by atoms with Gasteiger partial charge in [0, 0.05) is 49.4 Å². The van der Waals surface area contributed by atoms with Crippen LogP contribution >= 0.6 is 0 Å². The molecule has 0 radical (unpaired) electrons. The number of hydrogen-bond donors (Lipinski definition) is 1. The fourth-order valence-corrected chi connectivity index (χ4v) is 4.49. The van der Waals surface area contributed by atoms with Crippen molar-refractivity contribution in [2.75, 3.05) is 44.8 Å². The molecule has 5 heteroatoms. The normalized spacial score (nSPS) is 20.8. The number of benzene rings is 2. The molecule has 140 valence electrons. The van der Waals surface area contributed by atoms with Crippen molar-refractivity contribution in [1.29, 1.82) is 0 Å². The highest BCUT2D eigenvalue weighted by molar-refractivity contribution is 5.81. The van der Waals surface area contributed by atoms with Gasteiger partial charge in [0.25, 0.3) is 0 Å². The van der Waals surface area contributed by atoms with Gasteiger partial charge in [0.2, 0.25) is 0 Å². The summed E-state index contributed by atoms with van der Waals surface area (Å²) >= 11 is 0. The van der Waals surface area contributed by atoms with Gasteiger partial charge >= 0.3 is 0 Å². The lowest BCUT2D eigenvalue weighted by Gasteiger charge is -2.35. The second-order valence-electron chi connectivity index (χ2n) is 7.68. The minimum absolute atomic E-state index is 0.174. The van der Waals surface area contributed by atoms with Crippen LogP contribution in [0.5, 0.6) is 0 Å². The van der Waals surface area contributed by atoms with Gasteiger partial charge in [-0.3, -0.25) is 0 Å². The van der Waals surface area contributed by atoms with Gasteiger partial charge in [-0.1, -0.05) is 6.07 Å². The summed E-state index contributed by atoms with van der Waals surface area (Å²) in [6.45, 7) is 5.28. The molecule has 3 heterocycles. The van der Waals surface area contributed by atoms with Crippen LogP contribution in [0, 0.1) is 5.82 Å². The molecular formula is C22H24FN3O. The number of aromatic nitrogens is 1. The number of fused-ring (bicyclic) bond motifs is 2. The van der Waals surface area contributed by atoms with Crippen LogP contribution in [0.2, 0.25) is 0 Å². The monoisotopic (exact) mass is 365 g/mol. The highest BCUT2D eigenvalue weighted by Crippen LogP contribution is 2.36. The Morgan fingerprint density at radius 3 is 2.81 bits per heavy atom. The zero-order valence-corrected chi connectivity index (χ0v) is 15.5. The van der Waals surface area contributed by atoms with Crippen LogP contribution in [-0.2, 0) is 11.3 Å². The largest absolute Gasteiger partial charge is 0.378 e. The second kappa shape index (κ2) is 6.66. The zero-order chi connectivity index (χ0) is 18.4. The van der Waals surface area contributed by atoms with Gasteiger partial charge in [0.15, 0.2) is 0 Å². The fourth-order valence-electron chi connectivity index (χ4n) is 4.49. The number of H-pyrrole nitrogens is 1. The molecule has 1 unspecified atom stereocenters. The van der Waals surface area contributed by atoms with E-state index < -0.39 is 0 Å². The molecule has 0 amide bonds. The average Bonchev–Trinajstić information content (AvgIpc) is 3.17. The maximum atomic E-state index is 14.6. The zero-order valence-electron chi connectivity index (χ0n) is 15.5. The molecule has 1 atom stereocenters. The van der Waals surface area contributed by atoms with E-state index in [0.717, 1.165) is 50.3 Å². The molecule has 27 heavy (non-hydrogen) atoms. The maximum absolute atomic E-state index is 14.6. The Kier molecular flexibility index (Phi) is 4.14. The van der Waals surface area contributed by atoms with Crippen molar-refractivity contribution in [2.45, 2.75) is 12.5 Å². The summed E-state index contributed by atoms with van der Waals surface area (Å²) in [6.07, 6.45) is 1.80. The number of nitrogens with one attached hydrogen (secondary N) is 1. The standard InChI is InChI=1S/C22H24FN3O/c1-25-13-17-11-18(26-6-8-27-9-7-26)2-3-19(17)20(14-25)16-10-15-4-5-24-22(15)21(23)12-16/h2-5,10-12,20,24H,6-9,13-14H2,1H3. The van der Waals surface area contributed by atoms with Gasteiger partial charge in [0.05, 0.1) is 18.7 Å². The Morgan fingerprint density at radius 1 is 1.11 bits per heavy atom. The number of rotatable bonds is 2. The Labute approximate surface area is 158 Å². The summed E-state index contributed by atoms with van der Waals surface area (Å²) in [5.41, 5.74) is 5.56. The van der Waals surface area contributed by atoms with Crippen molar-refractivity contribution in [3.05, 3.63) is 65.1 Å². The van der Waals surface area contributed by atoms with Gasteiger partial charge in [-0.2, -0.15) is 0 Å². The summed E-state index contributed by atoms with van der Waals surface area (Å²) in [4.78, 5) is 7.71. The lowest BCUT2D eigenvalue weighted by Crippen LogP contribution is -2.36. The molecule has 4 nitrogen and oxygen atoms in total. The summed E-state index contributed by atoms with van der Waals surface area (Å²) < 4.78 is 20.0. The van der Waals surface area contributed by atoms with E-state index in [-0.39, 0.29) is 11.7 Å². The van der Waals surface area contributed by atoms with Crippen LogP contribution in [-0.4, -0.2) is 49.8 Å². The van der Waals surface area contributed by atoms with Crippen LogP contribution in [0.3, 0.4) is 0 Å². The van der Waals surface area contributed by atoms with E-state index in [4.69, 9.17) is 4.74 Å². The summed E-state index contributed by atoms with van der Waals surface area (Å²) in [5, 5.41) is 0.935. The van der Waals surface area contributed by atoms with Crippen LogP contribution < -0.4 is 4.90 Å². The molecule has 0 spiro atoms. The third-order valence-corrected chi connectivity index (χ3v) is 5.85. The van der Waals surface area contributed by atoms with Crippen molar-refractivity contribution in [3.63, 3.8) is 0 Å². The molecule has 2 aliphatic heterocycles. The molecule has 0 aliphatic carbocycles. The van der Waals surface area contributed by atoms with Gasteiger partial charge in [-0.15, -0.1) is 0 Å². The van der Waals surface area contributed by atoms with Crippen LogP contribution in [0.4, 0.5) is 10.1 Å². The van der Waals surface area contributed by atoms with Crippen LogP contribution in [0.1, 0.15) is 22.6 Å². The van der Waals surface area contributed by atoms with E-state index in [9.17, 15) is 4.39 Å². The molecule has 1 N–H and O–H groups in total. The maximum Gasteiger partial charge on any atom is 0.147 e. The molecular weight excluding hydrogens is 341 g/mol. The van der Waals surface area contributed by atoms with E-state index in [2.05, 4.69) is 46.1 Å². The predicted molar refractivity (Wildman–Crippen MR) is 106 cm³/mol. The first-order chi connectivity index (χ1) is 13.2. The number of halogens is 1. The van der Waals surface area contributed by atoms with Crippen LogP contribution in [0.15, 0.2) is 42.6 Å². The first kappa shape index (κ1) is 16.8. The Balaban J connectivity index is 1.55. The predicted octanol–water partition coefficient (Wildman–Crippen LogP) is 3.72. The number of likely N-dealkylation sites (N-methyl/N-ethyl adjacent to an activating group) is 1. The lowest BCUT2D eigenvalue weighted by molar-refractivity contribution is 0.122. The van der Waals surface area contributed by atoms with E-state index in [1.165, 1.54) is 16.8 Å². The molecule has 2 aromatic carbocycles. The number of ether oxygens (including phenoxy) is 1. The third kappa shape index (κ3) is 3.01. The highest BCUT2D eigenvalue weighted by atomic mass is 19.1. The lowest BCUT2D eigenvalue weighted by atomic mass is 9.84. The van der Waals surface area contributed by atoms with Crippen molar-refractivity contribution in [3.8, 4) is 0 Å². The van der Waals surface area contributed by atoms with E-state index >= 15 is 0 Å². The van der Waals surface area contributed by atoms with E-state index in [1.807, 2.05) is 6.07 Å². The second-order valence-corrected chi connectivity index (χ2v) is 7.68. The van der Waals surface area contributed by atoms with E-state index in [1.54, 1.807) is 12.3 Å². The van der Waals surface area contributed by atoms with Crippen LogP contribution in [0.25, 0.3) is 10.9 Å². The minimum atomic E-state index is -0.174. The SMILES string of the molecule is CN1Cc2cc(N3CCOCC3)ccc2C(c2cc(F)c3[nH]ccc3c2)C1. The van der Waals surface area contributed by atoms with E-state index in [0.29, 0.717) is 5.52 Å². The van der Waals surface area contributed by atoms with Crippen molar-refractivity contribution < 1.29 is 9.13 Å². The number of nitrogens with zero attached hydrogens (tertiary/aromatic N) is 2. The summed E-state index contributed by atoms with van der Waals surface area (Å²) in [6, 6.07) is 12.5. The number of hydrogen-bond acceptors (Lipinski definition) is 3. The van der Waals surface area contributed by atoms with Crippen molar-refractivity contribution >= 4 is 16.6 Å². The Morgan fingerprint density at radius 2 is 1.96 bits per heavy atom. The molecule has 2 aliphatic rings. The smallest absolute Gasteiger partial charge is 0.147 e. The Bertz CT molecular complexity index is 977. The Hall–Kier alpha value is -2.37. The highest BCUT2D eigenvalue weighted by Gasteiger charge is 2.26. The molecule has 3 aromatic rings. The fraction of sp³-hybridized carbons (Fsp3) is 0.364. The summed E-state index contributed by atoms with van der Waals surface area (Å²) in [5.74, 6) is 0.0125. The molecule has 5 rings (SSSR count). The van der Waals surface area contributed by atoms with Crippen molar-refractivity contribution in [2.24, 2.45) is 0 Å². The molecule has 0 saturated carbocycles. The van der Waals surface area contributed by atoms with Gasteiger partial charge < -0.3 is 19.5 Å². The third-order valence-electron chi connectivity index (χ3n) is 5.85. The first-order valence-corrected chi connectivity index (χ1v) is 9.59. The molecule has 1 fully saturated rings. The van der Waals surface area contributed by atoms with Gasteiger partial charge in [-0.05, 0) is 54.1 Å². The topological polar surface area (TPSA) is 31.5 Å². The average molecular weight is 365 g/mol. The molecule has 0 bridgehead atoms. The van der Waals surface area contributed by atoms with Crippen molar-refractivity contribution in [1.82, 2.24) is 9.88 Å². The molecule has 1 saturated heterocycles. The number of morpholine rings is 1. The van der Waals surface area contributed by atoms with Gasteiger partial charge in [-0.25, -0.2) is 4.39 Å². The quantitative estimate of drug-likeness (QED) is 0.751. The minimum Gasteiger partial charge on any atom is -0.378 e. The number of anilines is 1. The first-order valence-electron chi connectivity index (χ1n) is 9.59. The van der Waals surface area contributed by atoms with Gasteiger partial charge in [0.1, 0.15) is 5.82 Å². The molecule has 1 aromatic heterocycles. The number of aromatic amines is 1.